The van der Waals surface area contributed by atoms with E-state index in [0.29, 0.717) is 17.7 Å². The Morgan fingerprint density at radius 1 is 1.19 bits per heavy atom. The van der Waals surface area contributed by atoms with Crippen molar-refractivity contribution in [3.63, 3.8) is 0 Å². The summed E-state index contributed by atoms with van der Waals surface area (Å²) in [5.74, 6) is 0.854. The van der Waals surface area contributed by atoms with Crippen LogP contribution in [-0.2, 0) is 36.1 Å². The second kappa shape index (κ2) is 10.6. The lowest BCUT2D eigenvalue weighted by atomic mass is 9.86. The normalized spacial score (nSPS) is 17.8. The molecule has 0 saturated heterocycles. The minimum Gasteiger partial charge on any atom is -0.492 e. The van der Waals surface area contributed by atoms with Crippen LogP contribution in [0.4, 0.5) is 13.2 Å². The van der Waals surface area contributed by atoms with Crippen LogP contribution in [0.3, 0.4) is 0 Å². The van der Waals surface area contributed by atoms with Gasteiger partial charge in [0.2, 0.25) is 0 Å². The van der Waals surface area contributed by atoms with E-state index in [2.05, 4.69) is 15.0 Å². The summed E-state index contributed by atoms with van der Waals surface area (Å²) in [5, 5.41) is 3.14. The highest BCUT2D eigenvalue weighted by Crippen LogP contribution is 2.42. The molecule has 0 bridgehead atoms. The smallest absolute Gasteiger partial charge is 0.416 e. The molecule has 2 aromatic carbocycles. The molecule has 1 aliphatic carbocycles. The summed E-state index contributed by atoms with van der Waals surface area (Å²) in [6.07, 6.45) is -0.254. The number of aryl methyl sites for hydroxylation is 1. The van der Waals surface area contributed by atoms with Crippen LogP contribution in [0.2, 0.25) is 0 Å². The van der Waals surface area contributed by atoms with Crippen LogP contribution in [0, 0.1) is 5.92 Å². The van der Waals surface area contributed by atoms with E-state index in [0.717, 1.165) is 30.2 Å². The molecule has 1 aliphatic rings. The molecule has 0 amide bonds. The number of nitrogens with zero attached hydrogens (tertiary/aromatic N) is 2. The number of sulfonamides is 1. The van der Waals surface area contributed by atoms with E-state index < -0.39 is 21.8 Å². The first-order valence-electron chi connectivity index (χ1n) is 11.6. The van der Waals surface area contributed by atoms with E-state index in [-0.39, 0.29) is 30.0 Å². The predicted molar refractivity (Wildman–Crippen MR) is 129 cm³/mol. The van der Waals surface area contributed by atoms with E-state index >= 15 is 0 Å². The average molecular weight is 523 g/mol. The van der Waals surface area contributed by atoms with Gasteiger partial charge in [-0.1, -0.05) is 24.3 Å². The molecule has 0 aliphatic heterocycles. The zero-order chi connectivity index (χ0) is 25.9. The summed E-state index contributed by atoms with van der Waals surface area (Å²) in [5.41, 5.74) is 2.20. The third-order valence-corrected chi connectivity index (χ3v) is 7.71. The molecule has 2 atom stereocenters. The molecule has 1 aromatic heterocycles. The fourth-order valence-electron chi connectivity index (χ4n) is 4.70. The first-order chi connectivity index (χ1) is 17.1. The number of fused-ring (bicyclic) bond motifs is 1. The Balaban J connectivity index is 1.45. The maximum atomic E-state index is 13.2. The van der Waals surface area contributed by atoms with Crippen LogP contribution in [0.15, 0.2) is 60.0 Å². The van der Waals surface area contributed by atoms with Gasteiger partial charge in [-0.15, -0.1) is 0 Å². The Morgan fingerprint density at radius 3 is 2.69 bits per heavy atom. The number of aromatic nitrogens is 2. The van der Waals surface area contributed by atoms with Crippen LogP contribution in [0.25, 0.3) is 0 Å². The number of halogens is 3. The molecule has 2 unspecified atom stereocenters. The van der Waals surface area contributed by atoms with Crippen molar-refractivity contribution in [1.82, 2.24) is 19.6 Å². The van der Waals surface area contributed by atoms with E-state index in [1.54, 1.807) is 17.7 Å². The summed E-state index contributed by atoms with van der Waals surface area (Å²) in [4.78, 5) is 3.85. The lowest BCUT2D eigenvalue weighted by Crippen LogP contribution is -2.28. The summed E-state index contributed by atoms with van der Waals surface area (Å²) >= 11 is 0. The number of hydrogen-bond acceptors (Lipinski definition) is 5. The molecule has 2 N–H and O–H groups in total. The Hall–Kier alpha value is -2.89. The highest BCUT2D eigenvalue weighted by atomic mass is 32.2. The fraction of sp³-hybridized carbons (Fsp3) is 0.400. The van der Waals surface area contributed by atoms with Crippen molar-refractivity contribution in [3.8, 4) is 5.75 Å². The maximum Gasteiger partial charge on any atom is 0.416 e. The zero-order valence-corrected chi connectivity index (χ0v) is 20.9. The van der Waals surface area contributed by atoms with Gasteiger partial charge < -0.3 is 14.6 Å². The molecule has 0 saturated carbocycles. The molecule has 3 aromatic rings. The van der Waals surface area contributed by atoms with Gasteiger partial charge in [0.25, 0.3) is 10.0 Å². The van der Waals surface area contributed by atoms with Crippen molar-refractivity contribution in [2.24, 2.45) is 13.0 Å². The number of imidazole rings is 1. The lowest BCUT2D eigenvalue weighted by Gasteiger charge is -2.21. The van der Waals surface area contributed by atoms with Crippen molar-refractivity contribution < 1.29 is 26.3 Å². The van der Waals surface area contributed by atoms with E-state index in [4.69, 9.17) is 4.74 Å². The second-order valence-corrected chi connectivity index (χ2v) is 10.7. The number of nitrogens with one attached hydrogen (secondary N) is 2. The molecule has 0 fully saturated rings. The van der Waals surface area contributed by atoms with Gasteiger partial charge >= 0.3 is 6.18 Å². The predicted octanol–water partition coefficient (Wildman–Crippen LogP) is 3.51. The first-order valence-corrected chi connectivity index (χ1v) is 13.1. The SMILES string of the molecule is CNCC1Cc2ccc(OCCNS(=O)(=O)c3cn(C)cn3)cc2C1Cc1cccc(C(F)(F)F)c1. The molecule has 0 spiro atoms. The second-order valence-electron chi connectivity index (χ2n) is 9.01. The first kappa shape index (κ1) is 26.2. The highest BCUT2D eigenvalue weighted by molar-refractivity contribution is 7.89. The van der Waals surface area contributed by atoms with Crippen LogP contribution in [0.1, 0.15) is 28.2 Å². The number of rotatable bonds is 10. The Bertz CT molecular complexity index is 1310. The van der Waals surface area contributed by atoms with E-state index in [1.807, 2.05) is 25.2 Å². The van der Waals surface area contributed by atoms with Gasteiger partial charge in [0.15, 0.2) is 5.03 Å². The minimum atomic E-state index is -4.38. The standard InChI is InChI=1S/C25H29F3N4O3S/c1-29-14-19-12-18-6-7-21(35-9-8-31-36(33,34)24-15-32(2)16-30-24)13-23(18)22(19)11-17-4-3-5-20(10-17)25(26,27)28/h3-7,10,13,15-16,19,22,29,31H,8-9,11-12,14H2,1-2H3. The van der Waals surface area contributed by atoms with E-state index in [1.165, 1.54) is 24.7 Å². The van der Waals surface area contributed by atoms with Gasteiger partial charge in [-0.25, -0.2) is 18.1 Å². The molecule has 1 heterocycles. The van der Waals surface area contributed by atoms with Gasteiger partial charge in [0, 0.05) is 19.8 Å². The molecule has 36 heavy (non-hydrogen) atoms. The van der Waals surface area contributed by atoms with Crippen molar-refractivity contribution in [2.45, 2.75) is 30.0 Å². The van der Waals surface area contributed by atoms with Crippen LogP contribution < -0.4 is 14.8 Å². The Kier molecular flexibility index (Phi) is 7.72. The Morgan fingerprint density at radius 2 is 2.00 bits per heavy atom. The highest BCUT2D eigenvalue weighted by Gasteiger charge is 2.34. The maximum absolute atomic E-state index is 13.2. The van der Waals surface area contributed by atoms with Gasteiger partial charge in [-0.3, -0.25) is 0 Å². The third-order valence-electron chi connectivity index (χ3n) is 6.36. The molecular weight excluding hydrogens is 493 g/mol. The number of benzene rings is 2. The van der Waals surface area contributed by atoms with Gasteiger partial charge in [0.05, 0.1) is 11.9 Å². The fourth-order valence-corrected chi connectivity index (χ4v) is 5.69. The average Bonchev–Trinajstić information content (AvgIpc) is 3.41. The molecule has 11 heteroatoms. The summed E-state index contributed by atoms with van der Waals surface area (Å²) in [6, 6.07) is 11.3. The van der Waals surface area contributed by atoms with Crippen molar-refractivity contribution in [1.29, 1.82) is 0 Å². The largest absolute Gasteiger partial charge is 0.492 e. The number of alkyl halides is 3. The number of hydrogen-bond donors (Lipinski definition) is 2. The van der Waals surface area contributed by atoms with Crippen molar-refractivity contribution in [3.05, 3.63) is 77.2 Å². The quantitative estimate of drug-likeness (QED) is 0.398. The molecule has 0 radical (unpaired) electrons. The van der Waals surface area contributed by atoms with Crippen LogP contribution in [0.5, 0.6) is 5.75 Å². The molecule has 7 nitrogen and oxygen atoms in total. The van der Waals surface area contributed by atoms with Crippen LogP contribution in [-0.4, -0.2) is 44.7 Å². The molecular formula is C25H29F3N4O3S. The summed E-state index contributed by atoms with van der Waals surface area (Å²) in [7, 11) is -0.173. The van der Waals surface area contributed by atoms with Gasteiger partial charge in [-0.05, 0) is 73.2 Å². The summed E-state index contributed by atoms with van der Waals surface area (Å²) < 4.78 is 74.1. The number of ether oxygens (including phenoxy) is 1. The summed E-state index contributed by atoms with van der Waals surface area (Å²) in [6.45, 7) is 0.916. The molecule has 194 valence electrons. The zero-order valence-electron chi connectivity index (χ0n) is 20.0. The Labute approximate surface area is 208 Å². The van der Waals surface area contributed by atoms with Crippen molar-refractivity contribution in [2.75, 3.05) is 26.7 Å². The van der Waals surface area contributed by atoms with E-state index in [9.17, 15) is 21.6 Å². The van der Waals surface area contributed by atoms with Gasteiger partial charge in [-0.2, -0.15) is 13.2 Å². The van der Waals surface area contributed by atoms with Gasteiger partial charge in [0.1, 0.15) is 12.4 Å². The van der Waals surface area contributed by atoms with Crippen LogP contribution >= 0.6 is 0 Å². The lowest BCUT2D eigenvalue weighted by molar-refractivity contribution is -0.137. The third kappa shape index (κ3) is 6.08. The topological polar surface area (TPSA) is 85.3 Å². The van der Waals surface area contributed by atoms with Crippen molar-refractivity contribution >= 4 is 10.0 Å². The molecule has 4 rings (SSSR count). The monoisotopic (exact) mass is 522 g/mol. The minimum absolute atomic E-state index is 0.0298.